The van der Waals surface area contributed by atoms with Crippen molar-refractivity contribution in [2.45, 2.75) is 64.7 Å². The molecule has 1 aromatic carbocycles. The van der Waals surface area contributed by atoms with Gasteiger partial charge in [-0.3, -0.25) is 0 Å². The minimum Gasteiger partial charge on any atom is -0.204 e. The highest BCUT2D eigenvalue weighted by Crippen LogP contribution is 2.53. The highest BCUT2D eigenvalue weighted by atomic mass is 19.2. The molecule has 3 aliphatic carbocycles. The van der Waals surface area contributed by atoms with Gasteiger partial charge in [-0.15, -0.1) is 0 Å². The van der Waals surface area contributed by atoms with Crippen LogP contribution in [0, 0.1) is 47.0 Å². The van der Waals surface area contributed by atoms with E-state index in [1.807, 2.05) is 0 Å². The fourth-order valence-electron chi connectivity index (χ4n) is 6.18. The smallest absolute Gasteiger partial charge is 0.194 e. The molecule has 2 fully saturated rings. The Kier molecular flexibility index (Phi) is 5.16. The van der Waals surface area contributed by atoms with Crippen LogP contribution in [0.1, 0.15) is 70.3 Å². The molecule has 2 saturated carbocycles. The molecule has 1 aromatic rings. The zero-order chi connectivity index (χ0) is 18.3. The minimum atomic E-state index is -1.37. The molecule has 0 aliphatic heterocycles. The van der Waals surface area contributed by atoms with Gasteiger partial charge in [0.25, 0.3) is 0 Å². The summed E-state index contributed by atoms with van der Waals surface area (Å²) >= 11 is 0. The first kappa shape index (κ1) is 18.1. The second-order valence-corrected chi connectivity index (χ2v) is 8.82. The van der Waals surface area contributed by atoms with Crippen LogP contribution < -0.4 is 0 Å². The summed E-state index contributed by atoms with van der Waals surface area (Å²) in [5.41, 5.74) is 1.52. The number of benzene rings is 1. The Morgan fingerprint density at radius 3 is 2.38 bits per heavy atom. The van der Waals surface area contributed by atoms with E-state index in [1.165, 1.54) is 44.9 Å². The monoisotopic (exact) mass is 362 g/mol. The van der Waals surface area contributed by atoms with Crippen LogP contribution in [0.25, 0.3) is 5.57 Å². The van der Waals surface area contributed by atoms with E-state index in [9.17, 15) is 13.2 Å². The Morgan fingerprint density at radius 1 is 0.923 bits per heavy atom. The third-order valence-electron chi connectivity index (χ3n) is 7.38. The van der Waals surface area contributed by atoms with Crippen LogP contribution in [-0.4, -0.2) is 0 Å². The molecule has 5 unspecified atom stereocenters. The highest BCUT2D eigenvalue weighted by Gasteiger charge is 2.43. The summed E-state index contributed by atoms with van der Waals surface area (Å²) in [7, 11) is 0. The Labute approximate surface area is 154 Å². The fraction of sp³-hybridized carbons (Fsp3) is 0.652. The van der Waals surface area contributed by atoms with Gasteiger partial charge in [0.05, 0.1) is 0 Å². The normalized spacial score (nSPS) is 34.0. The lowest BCUT2D eigenvalue weighted by molar-refractivity contribution is 0.0328. The van der Waals surface area contributed by atoms with Crippen molar-refractivity contribution in [1.82, 2.24) is 0 Å². The Bertz CT molecular complexity index is 670. The Balaban J connectivity index is 1.50. The predicted molar refractivity (Wildman–Crippen MR) is 99.0 cm³/mol. The maximum Gasteiger partial charge on any atom is 0.194 e. The number of rotatable bonds is 3. The van der Waals surface area contributed by atoms with Gasteiger partial charge in [0.2, 0.25) is 0 Å². The molecule has 26 heavy (non-hydrogen) atoms. The minimum absolute atomic E-state index is 0.522. The molecule has 142 valence electrons. The van der Waals surface area contributed by atoms with Crippen molar-refractivity contribution in [2.75, 3.05) is 0 Å². The van der Waals surface area contributed by atoms with Gasteiger partial charge >= 0.3 is 0 Å². The molecule has 0 saturated heterocycles. The van der Waals surface area contributed by atoms with Gasteiger partial charge in [0.1, 0.15) is 0 Å². The first-order valence-electron chi connectivity index (χ1n) is 10.4. The molecule has 4 rings (SSSR count). The average Bonchev–Trinajstić information content (AvgIpc) is 2.65. The molecule has 3 aliphatic rings. The van der Waals surface area contributed by atoms with E-state index in [0.717, 1.165) is 54.2 Å². The number of allylic oxidation sites excluding steroid dienone is 2. The van der Waals surface area contributed by atoms with Crippen LogP contribution in [0.2, 0.25) is 0 Å². The Morgan fingerprint density at radius 2 is 1.65 bits per heavy atom. The van der Waals surface area contributed by atoms with E-state index in [4.69, 9.17) is 0 Å². The van der Waals surface area contributed by atoms with Gasteiger partial charge in [-0.05, 0) is 91.4 Å². The van der Waals surface area contributed by atoms with Crippen LogP contribution in [0.15, 0.2) is 18.2 Å². The standard InChI is InChI=1S/C23H29F3/c1-2-3-14-4-8-19-16(10-14)5-6-17-11-15(7-9-20(17)19)18-12-21(24)23(26)22(25)13-18/h7,12-14,16-17,19-20H,2-6,8-11H2,1H3. The van der Waals surface area contributed by atoms with Gasteiger partial charge in [0, 0.05) is 0 Å². The van der Waals surface area contributed by atoms with Crippen molar-refractivity contribution in [3.05, 3.63) is 41.2 Å². The van der Waals surface area contributed by atoms with Crippen LogP contribution in [-0.2, 0) is 0 Å². The third-order valence-corrected chi connectivity index (χ3v) is 7.38. The average molecular weight is 362 g/mol. The molecule has 0 radical (unpaired) electrons. The maximum atomic E-state index is 13.6. The van der Waals surface area contributed by atoms with Crippen molar-refractivity contribution >= 4 is 5.57 Å². The summed E-state index contributed by atoms with van der Waals surface area (Å²) in [4.78, 5) is 0. The lowest BCUT2D eigenvalue weighted by Crippen LogP contribution is -2.39. The number of hydrogen-bond acceptors (Lipinski definition) is 0. The quantitative estimate of drug-likeness (QED) is 0.501. The predicted octanol–water partition coefficient (Wildman–Crippen LogP) is 7.14. The van der Waals surface area contributed by atoms with Crippen LogP contribution in [0.3, 0.4) is 0 Å². The van der Waals surface area contributed by atoms with Crippen LogP contribution in [0.5, 0.6) is 0 Å². The second kappa shape index (κ2) is 7.40. The zero-order valence-corrected chi connectivity index (χ0v) is 15.6. The van der Waals surface area contributed by atoms with Gasteiger partial charge in [-0.1, -0.05) is 32.3 Å². The topological polar surface area (TPSA) is 0 Å². The second-order valence-electron chi connectivity index (χ2n) is 8.82. The lowest BCUT2D eigenvalue weighted by Gasteiger charge is -2.49. The molecule has 3 heteroatoms. The van der Waals surface area contributed by atoms with E-state index in [1.54, 1.807) is 0 Å². The van der Waals surface area contributed by atoms with Crippen molar-refractivity contribution in [1.29, 1.82) is 0 Å². The van der Waals surface area contributed by atoms with Crippen molar-refractivity contribution < 1.29 is 13.2 Å². The number of fused-ring (bicyclic) bond motifs is 3. The molecule has 0 N–H and O–H groups in total. The summed E-state index contributed by atoms with van der Waals surface area (Å²) in [5, 5.41) is 0. The van der Waals surface area contributed by atoms with E-state index in [2.05, 4.69) is 13.0 Å². The van der Waals surface area contributed by atoms with Gasteiger partial charge in [-0.25, -0.2) is 13.2 Å². The number of halogens is 3. The largest absolute Gasteiger partial charge is 0.204 e. The van der Waals surface area contributed by atoms with Crippen molar-refractivity contribution in [3.8, 4) is 0 Å². The van der Waals surface area contributed by atoms with Gasteiger partial charge in [-0.2, -0.15) is 0 Å². The molecule has 0 aromatic heterocycles. The van der Waals surface area contributed by atoms with Crippen molar-refractivity contribution in [2.24, 2.45) is 29.6 Å². The zero-order valence-electron chi connectivity index (χ0n) is 15.6. The molecule has 0 nitrogen and oxygen atoms in total. The summed E-state index contributed by atoms with van der Waals surface area (Å²) < 4.78 is 40.5. The molecular weight excluding hydrogens is 333 g/mol. The first-order valence-corrected chi connectivity index (χ1v) is 10.4. The van der Waals surface area contributed by atoms with E-state index in [-0.39, 0.29) is 0 Å². The summed E-state index contributed by atoms with van der Waals surface area (Å²) in [6.45, 7) is 2.29. The highest BCUT2D eigenvalue weighted by molar-refractivity contribution is 5.66. The molecular formula is C23H29F3. The van der Waals surface area contributed by atoms with E-state index < -0.39 is 17.5 Å². The van der Waals surface area contributed by atoms with Crippen LogP contribution >= 0.6 is 0 Å². The van der Waals surface area contributed by atoms with Gasteiger partial charge < -0.3 is 0 Å². The van der Waals surface area contributed by atoms with Crippen LogP contribution in [0.4, 0.5) is 13.2 Å². The Hall–Kier alpha value is -1.25. The molecule has 0 amide bonds. The molecule has 0 bridgehead atoms. The number of hydrogen-bond donors (Lipinski definition) is 0. The third kappa shape index (κ3) is 3.34. The summed E-state index contributed by atoms with van der Waals surface area (Å²) in [5.74, 6) is 0.468. The summed E-state index contributed by atoms with van der Waals surface area (Å²) in [6.07, 6.45) is 13.4. The first-order chi connectivity index (χ1) is 12.6. The molecule has 0 heterocycles. The van der Waals surface area contributed by atoms with Gasteiger partial charge in [0.15, 0.2) is 17.5 Å². The molecule has 5 atom stereocenters. The van der Waals surface area contributed by atoms with Crippen molar-refractivity contribution in [3.63, 3.8) is 0 Å². The maximum absolute atomic E-state index is 13.6. The fourth-order valence-corrected chi connectivity index (χ4v) is 6.18. The van der Waals surface area contributed by atoms with E-state index >= 15 is 0 Å². The summed E-state index contributed by atoms with van der Waals surface area (Å²) in [6, 6.07) is 2.32. The molecule has 0 spiro atoms. The lowest BCUT2D eigenvalue weighted by atomic mass is 9.56. The SMILES string of the molecule is CCCC1CCC2C(CCC3CC(c4cc(F)c(F)c(F)c4)=CCC32)C1. The van der Waals surface area contributed by atoms with E-state index in [0.29, 0.717) is 11.5 Å².